The summed E-state index contributed by atoms with van der Waals surface area (Å²) < 4.78 is 5.31. The SMILES string of the molecule is CC(CC#N)N(C)c1nc(N)nc(N2CCOCC2)n1. The van der Waals surface area contributed by atoms with Gasteiger partial charge in [0.1, 0.15) is 0 Å². The Morgan fingerprint density at radius 2 is 2.10 bits per heavy atom. The fraction of sp³-hybridized carbons (Fsp3) is 0.667. The summed E-state index contributed by atoms with van der Waals surface area (Å²) in [5, 5.41) is 8.77. The standard InChI is InChI=1S/C12H19N7O/c1-9(3-4-13)18(2)11-15-10(14)16-12(17-11)19-5-7-20-8-6-19/h9H,3,5-8H2,1-2H3,(H2,14,15,16,17). The first-order valence-corrected chi connectivity index (χ1v) is 6.56. The minimum absolute atomic E-state index is 0.0133. The van der Waals surface area contributed by atoms with Crippen molar-refractivity contribution in [3.8, 4) is 6.07 Å². The van der Waals surface area contributed by atoms with Crippen LogP contribution in [0.1, 0.15) is 13.3 Å². The van der Waals surface area contributed by atoms with Gasteiger partial charge in [-0.1, -0.05) is 0 Å². The number of rotatable bonds is 4. The van der Waals surface area contributed by atoms with E-state index in [4.69, 9.17) is 15.7 Å². The Morgan fingerprint density at radius 1 is 1.40 bits per heavy atom. The van der Waals surface area contributed by atoms with Crippen LogP contribution in [0.3, 0.4) is 0 Å². The Kier molecular flexibility index (Phi) is 4.53. The predicted molar refractivity (Wildman–Crippen MR) is 75.4 cm³/mol. The van der Waals surface area contributed by atoms with Crippen molar-refractivity contribution >= 4 is 17.8 Å². The third-order valence-corrected chi connectivity index (χ3v) is 3.29. The number of hydrogen-bond acceptors (Lipinski definition) is 8. The lowest BCUT2D eigenvalue weighted by Gasteiger charge is -2.28. The van der Waals surface area contributed by atoms with E-state index in [-0.39, 0.29) is 12.0 Å². The van der Waals surface area contributed by atoms with Gasteiger partial charge in [0.15, 0.2) is 0 Å². The molecule has 108 valence electrons. The molecule has 1 aliphatic heterocycles. The lowest BCUT2D eigenvalue weighted by atomic mass is 10.2. The maximum Gasteiger partial charge on any atom is 0.232 e. The van der Waals surface area contributed by atoms with Crippen molar-refractivity contribution in [1.82, 2.24) is 15.0 Å². The summed E-state index contributed by atoms with van der Waals surface area (Å²) >= 11 is 0. The van der Waals surface area contributed by atoms with E-state index in [1.807, 2.05) is 23.8 Å². The van der Waals surface area contributed by atoms with Gasteiger partial charge in [0.2, 0.25) is 17.8 Å². The van der Waals surface area contributed by atoms with Gasteiger partial charge in [-0.15, -0.1) is 0 Å². The first-order valence-electron chi connectivity index (χ1n) is 6.56. The van der Waals surface area contributed by atoms with Crippen molar-refractivity contribution in [1.29, 1.82) is 5.26 Å². The molecule has 1 aliphatic rings. The molecule has 8 heteroatoms. The van der Waals surface area contributed by atoms with E-state index in [1.165, 1.54) is 0 Å². The molecule has 0 radical (unpaired) electrons. The summed E-state index contributed by atoms with van der Waals surface area (Å²) in [6, 6.07) is 2.15. The first kappa shape index (κ1) is 14.3. The van der Waals surface area contributed by atoms with Crippen LogP contribution in [-0.2, 0) is 4.74 Å². The zero-order valence-corrected chi connectivity index (χ0v) is 11.8. The smallest absolute Gasteiger partial charge is 0.232 e. The second kappa shape index (κ2) is 6.34. The molecule has 0 spiro atoms. The monoisotopic (exact) mass is 277 g/mol. The van der Waals surface area contributed by atoms with E-state index in [1.54, 1.807) is 0 Å². The summed E-state index contributed by atoms with van der Waals surface area (Å²) in [5.74, 6) is 1.24. The topological polar surface area (TPSA) is 104 Å². The highest BCUT2D eigenvalue weighted by Gasteiger charge is 2.19. The Balaban J connectivity index is 2.21. The van der Waals surface area contributed by atoms with Gasteiger partial charge in [0, 0.05) is 26.2 Å². The number of nitrogens with two attached hydrogens (primary N) is 1. The van der Waals surface area contributed by atoms with Crippen LogP contribution in [0.4, 0.5) is 17.8 Å². The van der Waals surface area contributed by atoms with Crippen LogP contribution in [0.15, 0.2) is 0 Å². The van der Waals surface area contributed by atoms with Gasteiger partial charge in [-0.3, -0.25) is 0 Å². The molecule has 2 rings (SSSR count). The van der Waals surface area contributed by atoms with E-state index in [9.17, 15) is 0 Å². The molecule has 1 fully saturated rings. The zero-order valence-electron chi connectivity index (χ0n) is 11.8. The van der Waals surface area contributed by atoms with E-state index >= 15 is 0 Å². The van der Waals surface area contributed by atoms with Crippen LogP contribution in [-0.4, -0.2) is 54.3 Å². The third kappa shape index (κ3) is 3.24. The molecule has 0 amide bonds. The lowest BCUT2D eigenvalue weighted by Crippen LogP contribution is -2.38. The molecule has 2 heterocycles. The molecule has 1 saturated heterocycles. The van der Waals surface area contributed by atoms with Gasteiger partial charge in [-0.05, 0) is 6.92 Å². The average Bonchev–Trinajstić information content (AvgIpc) is 2.47. The summed E-state index contributed by atoms with van der Waals surface area (Å²) in [7, 11) is 1.85. The molecule has 0 bridgehead atoms. The van der Waals surface area contributed by atoms with E-state index in [2.05, 4.69) is 21.0 Å². The number of nitrogen functional groups attached to an aromatic ring is 1. The lowest BCUT2D eigenvalue weighted by molar-refractivity contribution is 0.122. The molecular weight excluding hydrogens is 258 g/mol. The molecule has 0 saturated carbocycles. The number of ether oxygens (including phenoxy) is 1. The number of nitriles is 1. The van der Waals surface area contributed by atoms with Crippen molar-refractivity contribution in [2.75, 3.05) is 48.9 Å². The van der Waals surface area contributed by atoms with Crippen LogP contribution in [0.5, 0.6) is 0 Å². The quantitative estimate of drug-likeness (QED) is 0.822. The second-order valence-corrected chi connectivity index (χ2v) is 4.72. The molecule has 1 aromatic rings. The molecule has 2 N–H and O–H groups in total. The summed E-state index contributed by atoms with van der Waals surface area (Å²) in [6.07, 6.45) is 0.398. The molecular formula is C12H19N7O. The highest BCUT2D eigenvalue weighted by atomic mass is 16.5. The number of anilines is 3. The summed E-state index contributed by atoms with van der Waals surface area (Å²) in [6.45, 7) is 4.72. The van der Waals surface area contributed by atoms with E-state index in [0.29, 0.717) is 31.5 Å². The first-order chi connectivity index (χ1) is 9.61. The normalized spacial score (nSPS) is 16.6. The van der Waals surface area contributed by atoms with Crippen LogP contribution in [0.25, 0.3) is 0 Å². The van der Waals surface area contributed by atoms with Gasteiger partial charge in [-0.2, -0.15) is 20.2 Å². The van der Waals surface area contributed by atoms with Crippen molar-refractivity contribution in [2.24, 2.45) is 0 Å². The Morgan fingerprint density at radius 3 is 2.75 bits per heavy atom. The van der Waals surface area contributed by atoms with Crippen molar-refractivity contribution < 1.29 is 4.74 Å². The van der Waals surface area contributed by atoms with Crippen molar-refractivity contribution in [3.05, 3.63) is 0 Å². The largest absolute Gasteiger partial charge is 0.378 e. The summed E-state index contributed by atoms with van der Waals surface area (Å²) in [5.41, 5.74) is 5.77. The third-order valence-electron chi connectivity index (χ3n) is 3.29. The van der Waals surface area contributed by atoms with Crippen molar-refractivity contribution in [2.45, 2.75) is 19.4 Å². The van der Waals surface area contributed by atoms with Crippen LogP contribution >= 0.6 is 0 Å². The predicted octanol–water partition coefficient (Wildman–Crippen LogP) is 0.0288. The number of aromatic nitrogens is 3. The molecule has 1 atom stereocenters. The molecule has 1 unspecified atom stereocenters. The fourth-order valence-electron chi connectivity index (χ4n) is 1.90. The van der Waals surface area contributed by atoms with Crippen LogP contribution < -0.4 is 15.5 Å². The zero-order chi connectivity index (χ0) is 14.5. The summed E-state index contributed by atoms with van der Waals surface area (Å²) in [4.78, 5) is 16.6. The van der Waals surface area contributed by atoms with Crippen LogP contribution in [0, 0.1) is 11.3 Å². The maximum atomic E-state index is 8.77. The van der Waals surface area contributed by atoms with Crippen molar-refractivity contribution in [3.63, 3.8) is 0 Å². The van der Waals surface area contributed by atoms with Gasteiger partial charge in [-0.25, -0.2) is 0 Å². The molecule has 1 aromatic heterocycles. The minimum atomic E-state index is 0.0133. The second-order valence-electron chi connectivity index (χ2n) is 4.72. The number of hydrogen-bond donors (Lipinski definition) is 1. The number of morpholine rings is 1. The average molecular weight is 277 g/mol. The highest BCUT2D eigenvalue weighted by Crippen LogP contribution is 2.17. The Hall–Kier alpha value is -2.14. The highest BCUT2D eigenvalue weighted by molar-refractivity contribution is 5.44. The molecule has 20 heavy (non-hydrogen) atoms. The Labute approximate surface area is 118 Å². The van der Waals surface area contributed by atoms with E-state index in [0.717, 1.165) is 13.1 Å². The van der Waals surface area contributed by atoms with Gasteiger partial charge in [0.25, 0.3) is 0 Å². The van der Waals surface area contributed by atoms with Gasteiger partial charge >= 0.3 is 0 Å². The van der Waals surface area contributed by atoms with Gasteiger partial charge in [0.05, 0.1) is 25.7 Å². The molecule has 8 nitrogen and oxygen atoms in total. The molecule has 0 aliphatic carbocycles. The number of nitrogens with zero attached hydrogens (tertiary/aromatic N) is 6. The van der Waals surface area contributed by atoms with E-state index < -0.39 is 0 Å². The van der Waals surface area contributed by atoms with Crippen LogP contribution in [0.2, 0.25) is 0 Å². The maximum absolute atomic E-state index is 8.77. The van der Waals surface area contributed by atoms with Gasteiger partial charge < -0.3 is 20.3 Å². The minimum Gasteiger partial charge on any atom is -0.378 e. The fourth-order valence-corrected chi connectivity index (χ4v) is 1.90. The molecule has 0 aromatic carbocycles. The Bertz CT molecular complexity index is 495.